The maximum Gasteiger partial charge on any atom is 0.328 e. The van der Waals surface area contributed by atoms with Gasteiger partial charge in [-0.05, 0) is 115 Å². The number of aryl methyl sites for hydroxylation is 1. The Hall–Kier alpha value is -1.47. The zero-order chi connectivity index (χ0) is 24.9. The summed E-state index contributed by atoms with van der Waals surface area (Å²) < 4.78 is 5.78. The van der Waals surface area contributed by atoms with Crippen molar-refractivity contribution in [3.05, 3.63) is 28.8 Å². The molecule has 4 rings (SSSR count). The molecule has 1 aromatic carbocycles. The monoisotopic (exact) mass is 470 g/mol. The van der Waals surface area contributed by atoms with Crippen LogP contribution in [0.2, 0.25) is 0 Å². The van der Waals surface area contributed by atoms with Crippen LogP contribution < -0.4 is 27.3 Å². The lowest BCUT2D eigenvalue weighted by atomic mass is 9.43. The summed E-state index contributed by atoms with van der Waals surface area (Å²) in [5.41, 5.74) is 22.2. The minimum absolute atomic E-state index is 0.202. The zero-order valence-electron chi connectivity index (χ0n) is 21.9. The van der Waals surface area contributed by atoms with Crippen molar-refractivity contribution in [1.29, 1.82) is 0 Å². The lowest BCUT2D eigenvalue weighted by Crippen LogP contribution is -2.55. The largest absolute Gasteiger partial charge is 0.425 e. The molecule has 1 unspecified atom stereocenters. The predicted octanol–water partition coefficient (Wildman–Crippen LogP) is 3.85. The van der Waals surface area contributed by atoms with Gasteiger partial charge in [-0.1, -0.05) is 34.1 Å². The van der Waals surface area contributed by atoms with Crippen molar-refractivity contribution in [3.8, 4) is 5.75 Å². The molecule has 0 bridgehead atoms. The second kappa shape index (κ2) is 9.20. The molecule has 3 aliphatic rings. The van der Waals surface area contributed by atoms with Gasteiger partial charge in [-0.15, -0.1) is 0 Å². The van der Waals surface area contributed by atoms with Gasteiger partial charge in [-0.2, -0.15) is 0 Å². The highest BCUT2D eigenvalue weighted by molar-refractivity contribution is 5.78. The fourth-order valence-corrected chi connectivity index (χ4v) is 8.39. The molecule has 2 saturated carbocycles. The van der Waals surface area contributed by atoms with Gasteiger partial charge in [-0.25, -0.2) is 4.79 Å². The minimum atomic E-state index is -0.659. The van der Waals surface area contributed by atoms with E-state index in [-0.39, 0.29) is 11.4 Å². The first kappa shape index (κ1) is 25.6. The molecule has 7 N–H and O–H groups in total. The molecule has 1 aromatic rings. The van der Waals surface area contributed by atoms with Gasteiger partial charge < -0.3 is 21.9 Å². The first-order chi connectivity index (χ1) is 15.9. The highest BCUT2D eigenvalue weighted by Gasteiger charge is 2.61. The van der Waals surface area contributed by atoms with E-state index in [9.17, 15) is 4.79 Å². The maximum absolute atomic E-state index is 12.7. The lowest BCUT2D eigenvalue weighted by molar-refractivity contribution is -0.136. The number of hydrogen-bond donors (Lipinski definition) is 4. The van der Waals surface area contributed by atoms with Crippen molar-refractivity contribution in [1.82, 2.24) is 5.32 Å². The number of ether oxygens (including phenoxy) is 1. The van der Waals surface area contributed by atoms with Gasteiger partial charge in [-0.3, -0.25) is 5.32 Å². The Morgan fingerprint density at radius 3 is 2.56 bits per heavy atom. The molecule has 190 valence electrons. The second-order valence-corrected chi connectivity index (χ2v) is 12.5. The fourth-order valence-electron chi connectivity index (χ4n) is 8.39. The van der Waals surface area contributed by atoms with E-state index in [1.807, 2.05) is 6.07 Å². The summed E-state index contributed by atoms with van der Waals surface area (Å²) >= 11 is 0. The van der Waals surface area contributed by atoms with Gasteiger partial charge in [0.1, 0.15) is 18.1 Å². The van der Waals surface area contributed by atoms with E-state index >= 15 is 0 Å². The quantitative estimate of drug-likeness (QED) is 0.208. The summed E-state index contributed by atoms with van der Waals surface area (Å²) in [7, 11) is 0. The van der Waals surface area contributed by atoms with Gasteiger partial charge in [0.2, 0.25) is 0 Å². The van der Waals surface area contributed by atoms with E-state index in [0.29, 0.717) is 41.9 Å². The number of nitrogens with one attached hydrogen (secondary N) is 1. The van der Waals surface area contributed by atoms with Crippen LogP contribution in [-0.2, 0) is 16.6 Å². The molecule has 3 aliphatic carbocycles. The summed E-state index contributed by atoms with van der Waals surface area (Å²) in [6.45, 7) is 12.9. The summed E-state index contributed by atoms with van der Waals surface area (Å²) in [6.07, 6.45) is 8.32. The number of fused-ring (bicyclic) bond motifs is 5. The molecule has 34 heavy (non-hydrogen) atoms. The average Bonchev–Trinajstić information content (AvgIpc) is 3.04. The van der Waals surface area contributed by atoms with Crippen LogP contribution in [0.4, 0.5) is 0 Å². The molecule has 0 aliphatic heterocycles. The Labute approximate surface area is 205 Å². The Morgan fingerprint density at radius 2 is 1.85 bits per heavy atom. The normalized spacial score (nSPS) is 32.6. The number of nitrogens with two attached hydrogens (primary N) is 3. The Morgan fingerprint density at radius 1 is 1.12 bits per heavy atom. The molecule has 6 nitrogen and oxygen atoms in total. The van der Waals surface area contributed by atoms with E-state index in [1.165, 1.54) is 48.8 Å². The minimum Gasteiger partial charge on any atom is -0.425 e. The molecule has 5 atom stereocenters. The van der Waals surface area contributed by atoms with Crippen LogP contribution in [0, 0.1) is 29.6 Å². The molecule has 0 aromatic heterocycles. The van der Waals surface area contributed by atoms with Crippen LogP contribution in [0.15, 0.2) is 12.1 Å². The Kier molecular flexibility index (Phi) is 6.93. The second-order valence-electron chi connectivity index (χ2n) is 12.5. The molecule has 6 heteroatoms. The number of hydrogen-bond acceptors (Lipinski definition) is 6. The van der Waals surface area contributed by atoms with Gasteiger partial charge in [0.05, 0.1) is 0 Å². The number of carbonyl (C=O) groups is 1. The fraction of sp³-hybridized carbons (Fsp3) is 0.750. The first-order valence-corrected chi connectivity index (χ1v) is 13.2. The molecular weight excluding hydrogens is 424 g/mol. The summed E-state index contributed by atoms with van der Waals surface area (Å²) in [5, 5.41) is 2.93. The molecule has 0 spiro atoms. The highest BCUT2D eigenvalue weighted by atomic mass is 16.5. The van der Waals surface area contributed by atoms with Crippen LogP contribution in [0.5, 0.6) is 5.75 Å². The molecule has 0 radical (unpaired) electrons. The van der Waals surface area contributed by atoms with E-state index in [1.54, 1.807) is 0 Å². The molecule has 0 heterocycles. The van der Waals surface area contributed by atoms with E-state index in [4.69, 9.17) is 21.9 Å². The number of esters is 1. The van der Waals surface area contributed by atoms with Gasteiger partial charge >= 0.3 is 5.97 Å². The summed E-state index contributed by atoms with van der Waals surface area (Å²) in [6, 6.07) is 3.51. The zero-order valence-corrected chi connectivity index (χ0v) is 21.9. The smallest absolute Gasteiger partial charge is 0.328 e. The molecule has 0 saturated heterocycles. The van der Waals surface area contributed by atoms with Crippen molar-refractivity contribution in [2.75, 3.05) is 6.54 Å². The first-order valence-electron chi connectivity index (χ1n) is 13.2. The van der Waals surface area contributed by atoms with Crippen molar-refractivity contribution in [2.45, 2.75) is 104 Å². The third-order valence-electron chi connectivity index (χ3n) is 9.77. The number of carbonyl (C=O) groups excluding carboxylic acids is 1. The third-order valence-corrected chi connectivity index (χ3v) is 9.77. The van der Waals surface area contributed by atoms with Crippen LogP contribution in [0.25, 0.3) is 0 Å². The Balaban J connectivity index is 1.51. The van der Waals surface area contributed by atoms with Gasteiger partial charge in [0.15, 0.2) is 0 Å². The highest BCUT2D eigenvalue weighted by Crippen LogP contribution is 2.67. The average molecular weight is 471 g/mol. The van der Waals surface area contributed by atoms with Crippen molar-refractivity contribution in [3.63, 3.8) is 0 Å². The van der Waals surface area contributed by atoms with Gasteiger partial charge in [0.25, 0.3) is 0 Å². The van der Waals surface area contributed by atoms with Crippen molar-refractivity contribution in [2.24, 2.45) is 39.9 Å². The number of rotatable bonds is 7. The summed E-state index contributed by atoms with van der Waals surface area (Å²) in [4.78, 5) is 12.7. The molecule has 2 fully saturated rings. The van der Waals surface area contributed by atoms with Crippen molar-refractivity contribution >= 4 is 5.97 Å². The standard InChI is InChI=1S/C28H46N4O2/c1-17-14-19(34-24(33)20(29)8-6-13-32-25(30)31)15-18-16-22-27(4)11-7-10-26(2,3)21(27)9-12-28(22,5)23(17)18/h14-15,20-22,25,32H,6-13,16,29-31H2,1-5H3/t20?,21-,22-,27-,28-/m0/s1. The van der Waals surface area contributed by atoms with Crippen LogP contribution in [-0.4, -0.2) is 24.8 Å². The Bertz CT molecular complexity index is 929. The van der Waals surface area contributed by atoms with E-state index in [2.05, 4.69) is 46.0 Å². The molecular formula is C28H46N4O2. The summed E-state index contributed by atoms with van der Waals surface area (Å²) in [5.74, 6) is 1.67. The third kappa shape index (κ3) is 4.43. The van der Waals surface area contributed by atoms with E-state index < -0.39 is 12.3 Å². The maximum atomic E-state index is 12.7. The SMILES string of the molecule is Cc1cc(OC(=O)C(N)CCCNC(N)N)cc2c1[C@@]1(C)CC[C@H]3C(C)(C)CCC[C@]3(C)[C@@H]1C2. The van der Waals surface area contributed by atoms with Crippen molar-refractivity contribution < 1.29 is 9.53 Å². The van der Waals surface area contributed by atoms with Crippen LogP contribution >= 0.6 is 0 Å². The van der Waals surface area contributed by atoms with Crippen LogP contribution in [0.1, 0.15) is 89.3 Å². The number of benzene rings is 1. The lowest BCUT2D eigenvalue weighted by Gasteiger charge is -2.61. The topological polar surface area (TPSA) is 116 Å². The van der Waals surface area contributed by atoms with Crippen LogP contribution in [0.3, 0.4) is 0 Å². The molecule has 0 amide bonds. The van der Waals surface area contributed by atoms with Gasteiger partial charge in [0, 0.05) is 0 Å². The van der Waals surface area contributed by atoms with E-state index in [0.717, 1.165) is 12.3 Å². The predicted molar refractivity (Wildman–Crippen MR) is 137 cm³/mol.